The maximum atomic E-state index is 12.5. The van der Waals surface area contributed by atoms with Crippen molar-refractivity contribution in [2.24, 2.45) is 28.6 Å². The third kappa shape index (κ3) is 3.13. The number of fused-ring (bicyclic) bond motifs is 5. The van der Waals surface area contributed by atoms with Crippen molar-refractivity contribution in [1.29, 1.82) is 0 Å². The van der Waals surface area contributed by atoms with Gasteiger partial charge in [0.2, 0.25) is 0 Å². The summed E-state index contributed by atoms with van der Waals surface area (Å²) >= 11 is 0. The third-order valence-corrected chi connectivity index (χ3v) is 8.72. The molecule has 3 saturated carbocycles. The van der Waals surface area contributed by atoms with Crippen LogP contribution in [0.15, 0.2) is 11.6 Å². The number of hydrogen-bond donors (Lipinski definition) is 0. The van der Waals surface area contributed by atoms with Gasteiger partial charge in [-0.3, -0.25) is 13.8 Å². The van der Waals surface area contributed by atoms with Crippen LogP contribution in [0.4, 0.5) is 0 Å². The van der Waals surface area contributed by atoms with Crippen molar-refractivity contribution in [3.63, 3.8) is 0 Å². The van der Waals surface area contributed by atoms with E-state index in [2.05, 4.69) is 13.0 Å². The summed E-state index contributed by atoms with van der Waals surface area (Å²) < 4.78 is 28.0. The number of allylic oxidation sites excluding steroid dienone is 2. The summed E-state index contributed by atoms with van der Waals surface area (Å²) in [6, 6.07) is 0. The first-order valence-corrected chi connectivity index (χ1v) is 12.1. The first-order chi connectivity index (χ1) is 12.7. The summed E-state index contributed by atoms with van der Waals surface area (Å²) in [5, 5.41) is 0. The Bertz CT molecular complexity index is 797. The summed E-state index contributed by atoms with van der Waals surface area (Å²) in [6.45, 7) is 2.31. The van der Waals surface area contributed by atoms with Crippen LogP contribution in [0.25, 0.3) is 0 Å². The first-order valence-electron chi connectivity index (χ1n) is 10.3. The maximum Gasteiger partial charge on any atom is 0.264 e. The number of ketones is 2. The average molecular weight is 395 g/mol. The molecule has 0 aromatic carbocycles. The molecule has 4 aliphatic rings. The van der Waals surface area contributed by atoms with Crippen LogP contribution < -0.4 is 0 Å². The lowest BCUT2D eigenvalue weighted by Gasteiger charge is -2.56. The second-order valence-corrected chi connectivity index (χ2v) is 11.0. The Labute approximate surface area is 162 Å². The van der Waals surface area contributed by atoms with Crippen LogP contribution in [0, 0.1) is 28.6 Å². The number of Topliss-reactive ketones (excluding diaryl/α,β-unsaturated/α-hetero) is 2. The zero-order chi connectivity index (χ0) is 19.4. The van der Waals surface area contributed by atoms with E-state index >= 15 is 0 Å². The summed E-state index contributed by atoms with van der Waals surface area (Å²) in [7, 11) is -3.47. The minimum atomic E-state index is -3.47. The summed E-state index contributed by atoms with van der Waals surface area (Å²) in [5.74, 6) is 1.81. The van der Waals surface area contributed by atoms with Crippen molar-refractivity contribution in [3.05, 3.63) is 11.6 Å². The zero-order valence-corrected chi connectivity index (χ0v) is 17.1. The highest BCUT2D eigenvalue weighted by Gasteiger charge is 2.58. The van der Waals surface area contributed by atoms with Gasteiger partial charge >= 0.3 is 0 Å². The normalized spacial score (nSPS) is 41.6. The molecule has 6 heteroatoms. The molecular weight excluding hydrogens is 364 g/mol. The second kappa shape index (κ2) is 6.51. The molecule has 5 atom stereocenters. The predicted molar refractivity (Wildman–Crippen MR) is 101 cm³/mol. The topological polar surface area (TPSA) is 77.5 Å². The lowest BCUT2D eigenvalue weighted by molar-refractivity contribution is -0.128. The van der Waals surface area contributed by atoms with Gasteiger partial charge in [0, 0.05) is 24.7 Å². The van der Waals surface area contributed by atoms with Crippen LogP contribution in [-0.4, -0.2) is 32.8 Å². The zero-order valence-electron chi connectivity index (χ0n) is 16.3. The highest BCUT2D eigenvalue weighted by Crippen LogP contribution is 2.64. The minimum absolute atomic E-state index is 0.130. The van der Waals surface area contributed by atoms with Gasteiger partial charge in [-0.2, -0.15) is 8.42 Å². The highest BCUT2D eigenvalue weighted by molar-refractivity contribution is 7.85. The number of carbonyl (C=O) groups excluding carboxylic acids is 2. The summed E-state index contributed by atoms with van der Waals surface area (Å²) in [5.41, 5.74) is 1.06. The van der Waals surface area contributed by atoms with E-state index in [1.807, 2.05) is 0 Å². The Morgan fingerprint density at radius 2 is 1.96 bits per heavy atom. The Morgan fingerprint density at radius 3 is 2.70 bits per heavy atom. The molecule has 0 radical (unpaired) electrons. The molecule has 0 bridgehead atoms. The molecule has 0 aromatic heterocycles. The molecule has 4 rings (SSSR count). The molecule has 5 nitrogen and oxygen atoms in total. The number of carbonyl (C=O) groups is 2. The standard InChI is InChI=1S/C21H30O5S/c1-20-9-8-18-16(17(20)5-6-19(20)23)4-3-14-13-15(22)7-10-21(14,18)11-12-26-27(2,24)25/h8,14,16-17H,3-7,9-13H2,1-2H3/t14?,16-,17-,20-,21?/m0/s1. The quantitative estimate of drug-likeness (QED) is 0.539. The molecule has 4 aliphatic carbocycles. The Hall–Kier alpha value is -1.01. The molecule has 0 saturated heterocycles. The van der Waals surface area contributed by atoms with Gasteiger partial charge in [-0.25, -0.2) is 0 Å². The largest absolute Gasteiger partial charge is 0.300 e. The molecule has 0 spiro atoms. The molecule has 2 unspecified atom stereocenters. The Morgan fingerprint density at radius 1 is 1.19 bits per heavy atom. The minimum Gasteiger partial charge on any atom is -0.300 e. The van der Waals surface area contributed by atoms with E-state index in [0.717, 1.165) is 38.4 Å². The van der Waals surface area contributed by atoms with Gasteiger partial charge in [-0.1, -0.05) is 18.6 Å². The lowest BCUT2D eigenvalue weighted by atomic mass is 9.48. The molecule has 0 aliphatic heterocycles. The smallest absolute Gasteiger partial charge is 0.264 e. The SMILES string of the molecule is C[C@]12CC=C3[C@@H](CCC4CC(=O)CCC34CCOS(C)(=O)=O)[C@@H]1CCC2=O. The van der Waals surface area contributed by atoms with Crippen LogP contribution >= 0.6 is 0 Å². The van der Waals surface area contributed by atoms with Gasteiger partial charge in [0.15, 0.2) is 0 Å². The van der Waals surface area contributed by atoms with Gasteiger partial charge in [0.25, 0.3) is 10.1 Å². The van der Waals surface area contributed by atoms with Crippen molar-refractivity contribution < 1.29 is 22.2 Å². The predicted octanol–water partition coefficient (Wildman–Crippen LogP) is 3.43. The Kier molecular flexibility index (Phi) is 4.66. The average Bonchev–Trinajstić information content (AvgIpc) is 2.89. The van der Waals surface area contributed by atoms with E-state index in [0.29, 0.717) is 49.1 Å². The van der Waals surface area contributed by atoms with Crippen LogP contribution in [0.3, 0.4) is 0 Å². The van der Waals surface area contributed by atoms with Crippen LogP contribution in [0.5, 0.6) is 0 Å². The summed E-state index contributed by atoms with van der Waals surface area (Å²) in [6.07, 6.45) is 10.5. The van der Waals surface area contributed by atoms with Crippen molar-refractivity contribution >= 4 is 21.7 Å². The van der Waals surface area contributed by atoms with Crippen LogP contribution in [0.1, 0.15) is 64.7 Å². The molecule has 0 aromatic rings. The number of rotatable bonds is 4. The summed E-state index contributed by atoms with van der Waals surface area (Å²) in [4.78, 5) is 24.7. The van der Waals surface area contributed by atoms with Crippen molar-refractivity contribution in [1.82, 2.24) is 0 Å². The van der Waals surface area contributed by atoms with Gasteiger partial charge in [0.05, 0.1) is 12.9 Å². The number of hydrogen-bond acceptors (Lipinski definition) is 5. The third-order valence-electron chi connectivity index (χ3n) is 8.12. The maximum absolute atomic E-state index is 12.5. The van der Waals surface area contributed by atoms with E-state index in [4.69, 9.17) is 4.18 Å². The van der Waals surface area contributed by atoms with Crippen molar-refractivity contribution in [2.75, 3.05) is 12.9 Å². The molecule has 150 valence electrons. The van der Waals surface area contributed by atoms with E-state index in [9.17, 15) is 18.0 Å². The van der Waals surface area contributed by atoms with Gasteiger partial charge < -0.3 is 0 Å². The fourth-order valence-corrected chi connectivity index (χ4v) is 7.14. The molecule has 3 fully saturated rings. The van der Waals surface area contributed by atoms with Gasteiger partial charge in [0.1, 0.15) is 11.6 Å². The lowest BCUT2D eigenvalue weighted by Crippen LogP contribution is -2.49. The fourth-order valence-electron chi connectivity index (χ4n) is 6.75. The van der Waals surface area contributed by atoms with Crippen LogP contribution in [-0.2, 0) is 23.9 Å². The molecular formula is C21H30O5S. The monoisotopic (exact) mass is 394 g/mol. The molecule has 0 N–H and O–H groups in total. The molecule has 27 heavy (non-hydrogen) atoms. The Balaban J connectivity index is 1.68. The van der Waals surface area contributed by atoms with E-state index in [1.165, 1.54) is 5.57 Å². The highest BCUT2D eigenvalue weighted by atomic mass is 32.2. The molecule has 0 amide bonds. The van der Waals surface area contributed by atoms with Crippen molar-refractivity contribution in [2.45, 2.75) is 64.7 Å². The van der Waals surface area contributed by atoms with E-state index < -0.39 is 10.1 Å². The van der Waals surface area contributed by atoms with Gasteiger partial charge in [-0.05, 0) is 61.7 Å². The molecule has 0 heterocycles. The second-order valence-electron chi connectivity index (χ2n) is 9.41. The van der Waals surface area contributed by atoms with Crippen LogP contribution in [0.2, 0.25) is 0 Å². The van der Waals surface area contributed by atoms with Crippen molar-refractivity contribution in [3.8, 4) is 0 Å². The first kappa shape index (κ1) is 19.3. The van der Waals surface area contributed by atoms with E-state index in [-0.39, 0.29) is 23.4 Å². The van der Waals surface area contributed by atoms with Gasteiger partial charge in [-0.15, -0.1) is 0 Å². The fraction of sp³-hybridized carbons (Fsp3) is 0.810. The van der Waals surface area contributed by atoms with E-state index in [1.54, 1.807) is 0 Å².